The summed E-state index contributed by atoms with van der Waals surface area (Å²) in [6.45, 7) is 0.349. The summed E-state index contributed by atoms with van der Waals surface area (Å²) in [4.78, 5) is 24.4. The Balaban J connectivity index is 1.39. The van der Waals surface area contributed by atoms with Gasteiger partial charge >= 0.3 is 0 Å². The van der Waals surface area contributed by atoms with Gasteiger partial charge in [0.1, 0.15) is 18.9 Å². The topological polar surface area (TPSA) is 73.2 Å². The molecule has 0 aliphatic heterocycles. The van der Waals surface area contributed by atoms with E-state index in [0.717, 1.165) is 5.56 Å². The van der Waals surface area contributed by atoms with Crippen molar-refractivity contribution in [1.29, 1.82) is 0 Å². The van der Waals surface area contributed by atoms with Crippen LogP contribution in [0, 0.1) is 0 Å². The van der Waals surface area contributed by atoms with Crippen molar-refractivity contribution in [2.75, 3.05) is 5.32 Å². The summed E-state index contributed by atoms with van der Waals surface area (Å²) in [6.07, 6.45) is 1.22. The van der Waals surface area contributed by atoms with E-state index >= 15 is 0 Å². The second-order valence-corrected chi connectivity index (χ2v) is 7.04. The molecule has 1 N–H and O–H groups in total. The summed E-state index contributed by atoms with van der Waals surface area (Å²) in [5, 5.41) is 8.09. The second-order valence-electron chi connectivity index (χ2n) is 6.64. The molecule has 0 bridgehead atoms. The molecule has 7 heteroatoms. The highest BCUT2D eigenvalue weighted by molar-refractivity contribution is 6.31. The molecule has 0 saturated heterocycles. The highest BCUT2D eigenvalue weighted by atomic mass is 35.5. The molecule has 0 radical (unpaired) electrons. The van der Waals surface area contributed by atoms with Crippen molar-refractivity contribution in [3.05, 3.63) is 99.8 Å². The maximum absolute atomic E-state index is 12.4. The van der Waals surface area contributed by atoms with E-state index < -0.39 is 0 Å². The largest absolute Gasteiger partial charge is 0.489 e. The van der Waals surface area contributed by atoms with E-state index in [2.05, 4.69) is 10.4 Å². The minimum absolute atomic E-state index is 0.00838. The molecule has 0 aliphatic carbocycles. The van der Waals surface area contributed by atoms with Crippen LogP contribution in [0.5, 0.6) is 5.75 Å². The SMILES string of the molecule is O=C(Cn1ncc(=O)c2ccccc21)Nc1ccc(OCc2ccccc2Cl)cc1. The average Bonchev–Trinajstić information content (AvgIpc) is 2.76. The van der Waals surface area contributed by atoms with Gasteiger partial charge in [-0.3, -0.25) is 14.3 Å². The predicted molar refractivity (Wildman–Crippen MR) is 117 cm³/mol. The summed E-state index contributed by atoms with van der Waals surface area (Å²) in [5.41, 5.74) is 1.98. The zero-order valence-corrected chi connectivity index (χ0v) is 16.7. The number of hydrogen-bond donors (Lipinski definition) is 1. The summed E-state index contributed by atoms with van der Waals surface area (Å²) in [5.74, 6) is 0.419. The molecule has 0 saturated carbocycles. The lowest BCUT2D eigenvalue weighted by Crippen LogP contribution is -2.22. The van der Waals surface area contributed by atoms with Gasteiger partial charge < -0.3 is 10.1 Å². The van der Waals surface area contributed by atoms with E-state index in [4.69, 9.17) is 16.3 Å². The number of anilines is 1. The first-order chi connectivity index (χ1) is 14.6. The van der Waals surface area contributed by atoms with Gasteiger partial charge in [-0.05, 0) is 42.5 Å². The third-order valence-electron chi connectivity index (χ3n) is 4.55. The third kappa shape index (κ3) is 4.50. The molecule has 0 spiro atoms. The lowest BCUT2D eigenvalue weighted by atomic mass is 10.2. The number of hydrogen-bond acceptors (Lipinski definition) is 4. The quantitative estimate of drug-likeness (QED) is 0.506. The maximum Gasteiger partial charge on any atom is 0.246 e. The van der Waals surface area contributed by atoms with Crippen LogP contribution in [0.15, 0.2) is 83.8 Å². The van der Waals surface area contributed by atoms with Gasteiger partial charge in [-0.2, -0.15) is 5.10 Å². The van der Waals surface area contributed by atoms with Gasteiger partial charge in [0.2, 0.25) is 11.3 Å². The molecule has 3 aromatic carbocycles. The fourth-order valence-electron chi connectivity index (χ4n) is 3.03. The summed E-state index contributed by atoms with van der Waals surface area (Å²) in [6, 6.07) is 21.6. The Morgan fingerprint density at radius 2 is 1.73 bits per heavy atom. The number of carbonyl (C=O) groups is 1. The van der Waals surface area contributed by atoms with E-state index in [1.54, 1.807) is 48.5 Å². The fraction of sp³-hybridized carbons (Fsp3) is 0.0870. The first kappa shape index (κ1) is 19.7. The van der Waals surface area contributed by atoms with Crippen LogP contribution in [0.3, 0.4) is 0 Å². The Morgan fingerprint density at radius 3 is 2.53 bits per heavy atom. The summed E-state index contributed by atoms with van der Waals surface area (Å²) >= 11 is 6.13. The van der Waals surface area contributed by atoms with Crippen molar-refractivity contribution < 1.29 is 9.53 Å². The number of ether oxygens (including phenoxy) is 1. The van der Waals surface area contributed by atoms with Crippen molar-refractivity contribution in [2.24, 2.45) is 0 Å². The summed E-state index contributed by atoms with van der Waals surface area (Å²) in [7, 11) is 0. The van der Waals surface area contributed by atoms with Crippen LogP contribution in [-0.2, 0) is 17.9 Å². The van der Waals surface area contributed by atoms with Crippen molar-refractivity contribution in [2.45, 2.75) is 13.2 Å². The van der Waals surface area contributed by atoms with E-state index in [0.29, 0.717) is 34.0 Å². The van der Waals surface area contributed by atoms with E-state index in [1.165, 1.54) is 10.9 Å². The molecule has 0 unspecified atom stereocenters. The maximum atomic E-state index is 12.4. The molecule has 4 rings (SSSR count). The number of aromatic nitrogens is 2. The smallest absolute Gasteiger partial charge is 0.246 e. The lowest BCUT2D eigenvalue weighted by Gasteiger charge is -2.11. The number of nitrogens with one attached hydrogen (secondary N) is 1. The number of para-hydroxylation sites is 1. The van der Waals surface area contributed by atoms with E-state index in [9.17, 15) is 9.59 Å². The van der Waals surface area contributed by atoms with Crippen LogP contribution < -0.4 is 15.5 Å². The van der Waals surface area contributed by atoms with Gasteiger partial charge in [-0.15, -0.1) is 0 Å². The van der Waals surface area contributed by atoms with Gasteiger partial charge in [-0.1, -0.05) is 41.9 Å². The van der Waals surface area contributed by atoms with Crippen LogP contribution in [0.25, 0.3) is 10.9 Å². The van der Waals surface area contributed by atoms with Crippen molar-refractivity contribution in [3.63, 3.8) is 0 Å². The van der Waals surface area contributed by atoms with Crippen LogP contribution in [-0.4, -0.2) is 15.7 Å². The Morgan fingerprint density at radius 1 is 1.00 bits per heavy atom. The number of carbonyl (C=O) groups excluding carboxylic acids is 1. The Labute approximate surface area is 177 Å². The molecule has 0 atom stereocenters. The van der Waals surface area contributed by atoms with E-state index in [1.807, 2.05) is 24.3 Å². The number of benzene rings is 3. The van der Waals surface area contributed by atoms with E-state index in [-0.39, 0.29) is 17.9 Å². The molecule has 4 aromatic rings. The highest BCUT2D eigenvalue weighted by Gasteiger charge is 2.09. The first-order valence-corrected chi connectivity index (χ1v) is 9.69. The third-order valence-corrected chi connectivity index (χ3v) is 4.91. The zero-order chi connectivity index (χ0) is 20.9. The first-order valence-electron chi connectivity index (χ1n) is 9.31. The number of fused-ring (bicyclic) bond motifs is 1. The second kappa shape index (κ2) is 8.80. The van der Waals surface area contributed by atoms with Crippen LogP contribution in [0.4, 0.5) is 5.69 Å². The molecule has 0 fully saturated rings. The number of nitrogens with zero attached hydrogens (tertiary/aromatic N) is 2. The van der Waals surface area contributed by atoms with Gasteiger partial charge in [-0.25, -0.2) is 0 Å². The summed E-state index contributed by atoms with van der Waals surface area (Å²) < 4.78 is 7.25. The number of amides is 1. The number of rotatable bonds is 6. The monoisotopic (exact) mass is 419 g/mol. The molecular weight excluding hydrogens is 402 g/mol. The van der Waals surface area contributed by atoms with Gasteiger partial charge in [0.15, 0.2) is 0 Å². The van der Waals surface area contributed by atoms with Crippen molar-refractivity contribution in [3.8, 4) is 5.75 Å². The average molecular weight is 420 g/mol. The van der Waals surface area contributed by atoms with Crippen LogP contribution >= 0.6 is 11.6 Å². The molecule has 6 nitrogen and oxygen atoms in total. The van der Waals surface area contributed by atoms with Gasteiger partial charge in [0, 0.05) is 21.7 Å². The van der Waals surface area contributed by atoms with Gasteiger partial charge in [0.05, 0.1) is 11.7 Å². The fourth-order valence-corrected chi connectivity index (χ4v) is 3.22. The molecule has 1 amide bonds. The Bertz CT molecular complexity index is 1250. The normalized spacial score (nSPS) is 10.7. The molecule has 1 heterocycles. The predicted octanol–water partition coefficient (Wildman–Crippen LogP) is 4.27. The van der Waals surface area contributed by atoms with Crippen molar-refractivity contribution in [1.82, 2.24) is 9.78 Å². The molecular formula is C23H18ClN3O3. The Hall–Kier alpha value is -3.64. The Kier molecular flexibility index (Phi) is 5.77. The minimum atomic E-state index is -0.249. The standard InChI is InChI=1S/C23H18ClN3O3/c24-20-7-3-1-5-16(20)15-30-18-11-9-17(10-12-18)26-23(29)14-27-21-8-4-2-6-19(21)22(28)13-25-27/h1-13H,14-15H2,(H,26,29). The highest BCUT2D eigenvalue weighted by Crippen LogP contribution is 2.20. The molecule has 0 aliphatic rings. The lowest BCUT2D eigenvalue weighted by molar-refractivity contribution is -0.116. The minimum Gasteiger partial charge on any atom is -0.489 e. The molecule has 150 valence electrons. The molecule has 1 aromatic heterocycles. The van der Waals surface area contributed by atoms with Gasteiger partial charge in [0.25, 0.3) is 0 Å². The zero-order valence-electron chi connectivity index (χ0n) is 15.9. The van der Waals surface area contributed by atoms with Crippen molar-refractivity contribution >= 4 is 34.1 Å². The number of halogens is 1. The molecule has 30 heavy (non-hydrogen) atoms. The van der Waals surface area contributed by atoms with Crippen LogP contribution in [0.2, 0.25) is 5.02 Å². The van der Waals surface area contributed by atoms with Crippen LogP contribution in [0.1, 0.15) is 5.56 Å².